The largest absolute Gasteiger partial charge is 0.481 e. The molecule has 19 nitrogen and oxygen atoms in total. The molecule has 0 aliphatic carbocycles. The van der Waals surface area contributed by atoms with Gasteiger partial charge in [0.1, 0.15) is 0 Å². The van der Waals surface area contributed by atoms with Gasteiger partial charge in [-0.15, -0.1) is 45.3 Å². The molecule has 0 aliphatic heterocycles. The second-order valence-electron chi connectivity index (χ2n) is 20.6. The Labute approximate surface area is 500 Å². The predicted octanol–water partition coefficient (Wildman–Crippen LogP) is 8.59. The Balaban J connectivity index is 0.987. The lowest BCUT2D eigenvalue weighted by Crippen LogP contribution is -2.46. The number of carboxylic acids is 3. The van der Waals surface area contributed by atoms with Crippen molar-refractivity contribution in [3.63, 3.8) is 0 Å². The fourth-order valence-corrected chi connectivity index (χ4v) is 13.0. The molecular formula is C61H64N4O15S4. The van der Waals surface area contributed by atoms with E-state index in [1.165, 1.54) is 73.0 Å². The minimum Gasteiger partial charge on any atom is -0.481 e. The van der Waals surface area contributed by atoms with Crippen molar-refractivity contribution in [2.24, 2.45) is 23.7 Å². The number of carbonyl (C=O) groups excluding carboxylic acids is 9. The summed E-state index contributed by atoms with van der Waals surface area (Å²) in [5, 5.41) is 38.5. The van der Waals surface area contributed by atoms with E-state index < -0.39 is 132 Å². The van der Waals surface area contributed by atoms with Crippen molar-refractivity contribution in [3.8, 4) is 29.3 Å². The third-order valence-corrected chi connectivity index (χ3v) is 18.7. The van der Waals surface area contributed by atoms with Gasteiger partial charge in [0.05, 0.1) is 52.7 Å². The lowest BCUT2D eigenvalue weighted by atomic mass is 9.91. The van der Waals surface area contributed by atoms with Gasteiger partial charge in [0.25, 0.3) is 5.91 Å². The Kier molecular flexibility index (Phi) is 23.6. The molecule has 4 amide bonds. The summed E-state index contributed by atoms with van der Waals surface area (Å²) in [5.74, 6) is -13.1. The summed E-state index contributed by atoms with van der Waals surface area (Å²) in [5.41, 5.74) is 1.40. The quantitative estimate of drug-likeness (QED) is 0.0190. The number of benzene rings is 2. The first-order valence-electron chi connectivity index (χ1n) is 26.8. The minimum atomic E-state index is -1.50. The van der Waals surface area contributed by atoms with Crippen molar-refractivity contribution in [2.75, 3.05) is 0 Å². The highest BCUT2D eigenvalue weighted by Gasteiger charge is 2.33. The van der Waals surface area contributed by atoms with Gasteiger partial charge < -0.3 is 36.6 Å². The molecule has 0 saturated heterocycles. The molecule has 0 saturated carbocycles. The highest BCUT2D eigenvalue weighted by Crippen LogP contribution is 2.43. The van der Waals surface area contributed by atoms with Gasteiger partial charge in [0, 0.05) is 72.7 Å². The van der Waals surface area contributed by atoms with E-state index in [9.17, 15) is 72.9 Å². The monoisotopic (exact) mass is 1220 g/mol. The van der Waals surface area contributed by atoms with Gasteiger partial charge in [-0.25, -0.2) is 0 Å². The van der Waals surface area contributed by atoms with Crippen molar-refractivity contribution in [2.45, 2.75) is 110 Å². The number of Topliss-reactive ketones (excluding diaryl/α,β-unsaturated/α-hetero) is 5. The lowest BCUT2D eigenvalue weighted by Gasteiger charge is -2.22. The fraction of sp³-hybridized carbons (Fsp3) is 0.344. The highest BCUT2D eigenvalue weighted by molar-refractivity contribution is 7.29. The molecule has 2 aromatic carbocycles. The lowest BCUT2D eigenvalue weighted by molar-refractivity contribution is -0.149. The standard InChI is InChI=1S/C61H64N4O15S4/c1-32(58(76)65-42(27-38-14-10-7-11-15-38)45(69)29-40(61(79)80)30-55(71)72)24-43(67)34(3)63-60(78)54-23-22-53(84-54)52-21-20-51(83-52)50-19-18-49(82-50)48-17-16-47(81-48)46(70)25-33(2)57(75)62-35(4)44(68)28-39(26-37-12-8-6-9-13-37)59(77)64-41(36(5)66)31-56(73)74/h6-23,32-35,39-42H,24-31H2,1-5H3,(H,62,75)(H,63,78)(H,64,77)(H,65,76)(H,71,72)(H,73,74)(H,79,80)/t32-,33+,34+,35-,39+,40+,41-,42+/m1/s1. The number of rotatable bonds is 33. The molecule has 23 heteroatoms. The minimum absolute atomic E-state index is 0.00793. The number of hydrogen-bond acceptors (Lipinski definition) is 16. The zero-order chi connectivity index (χ0) is 61.4. The summed E-state index contributed by atoms with van der Waals surface area (Å²) in [6.45, 7) is 7.23. The van der Waals surface area contributed by atoms with Crippen LogP contribution in [0.5, 0.6) is 0 Å². The molecule has 6 rings (SSSR count). The fourth-order valence-electron chi connectivity index (χ4n) is 8.83. The van der Waals surface area contributed by atoms with Gasteiger partial charge in [0.2, 0.25) is 17.7 Å². The van der Waals surface area contributed by atoms with Crippen molar-refractivity contribution in [1.29, 1.82) is 0 Å². The molecule has 442 valence electrons. The normalized spacial score (nSPS) is 14.0. The van der Waals surface area contributed by atoms with E-state index in [1.807, 2.05) is 36.4 Å². The predicted molar refractivity (Wildman–Crippen MR) is 319 cm³/mol. The van der Waals surface area contributed by atoms with E-state index in [0.717, 1.165) is 34.8 Å². The van der Waals surface area contributed by atoms with Crippen LogP contribution in [0.2, 0.25) is 0 Å². The third kappa shape index (κ3) is 19.0. The third-order valence-electron chi connectivity index (χ3n) is 13.8. The molecule has 0 radical (unpaired) electrons. The Morgan fingerprint density at radius 1 is 0.405 bits per heavy atom. The Morgan fingerprint density at radius 3 is 1.36 bits per heavy atom. The zero-order valence-corrected chi connectivity index (χ0v) is 49.8. The first-order chi connectivity index (χ1) is 39.8. The second-order valence-corrected chi connectivity index (χ2v) is 24.9. The van der Waals surface area contributed by atoms with Crippen LogP contribution < -0.4 is 21.3 Å². The van der Waals surface area contributed by atoms with Crippen LogP contribution in [0.15, 0.2) is 109 Å². The number of thiophene rings is 4. The average Bonchev–Trinajstić information content (AvgIpc) is 3.85. The van der Waals surface area contributed by atoms with Crippen LogP contribution in [0.4, 0.5) is 0 Å². The molecule has 0 unspecified atom stereocenters. The molecule has 0 spiro atoms. The number of carbonyl (C=O) groups is 12. The highest BCUT2D eigenvalue weighted by atomic mass is 32.1. The molecular weight excluding hydrogens is 1160 g/mol. The number of hydrogen-bond donors (Lipinski definition) is 7. The maximum Gasteiger partial charge on any atom is 0.307 e. The summed E-state index contributed by atoms with van der Waals surface area (Å²) in [6.07, 6.45) is -2.63. The summed E-state index contributed by atoms with van der Waals surface area (Å²) in [4.78, 5) is 160. The number of carboxylic acid groups (broad SMARTS) is 3. The van der Waals surface area contributed by atoms with Crippen molar-refractivity contribution in [3.05, 3.63) is 130 Å². The van der Waals surface area contributed by atoms with E-state index in [0.29, 0.717) is 15.3 Å². The second kappa shape index (κ2) is 30.4. The number of aliphatic carboxylic acids is 3. The van der Waals surface area contributed by atoms with Crippen LogP contribution in [0.1, 0.15) is 104 Å². The van der Waals surface area contributed by atoms with Gasteiger partial charge in [-0.2, -0.15) is 0 Å². The molecule has 0 bridgehead atoms. The van der Waals surface area contributed by atoms with Crippen LogP contribution in [-0.4, -0.2) is 110 Å². The first kappa shape index (κ1) is 65.0. The number of nitrogens with one attached hydrogen (secondary N) is 4. The zero-order valence-electron chi connectivity index (χ0n) is 46.5. The smallest absolute Gasteiger partial charge is 0.307 e. The summed E-state index contributed by atoms with van der Waals surface area (Å²) in [6, 6.07) is 27.9. The molecule has 8 atom stereocenters. The molecule has 4 aromatic heterocycles. The van der Waals surface area contributed by atoms with Gasteiger partial charge in [-0.3, -0.25) is 57.5 Å². The van der Waals surface area contributed by atoms with E-state index in [1.54, 1.807) is 79.7 Å². The number of ketones is 5. The summed E-state index contributed by atoms with van der Waals surface area (Å²) >= 11 is 5.57. The van der Waals surface area contributed by atoms with E-state index in [2.05, 4.69) is 21.3 Å². The maximum atomic E-state index is 13.5. The van der Waals surface area contributed by atoms with Gasteiger partial charge >= 0.3 is 17.9 Å². The number of amides is 4. The van der Waals surface area contributed by atoms with Crippen LogP contribution in [0.25, 0.3) is 29.3 Å². The van der Waals surface area contributed by atoms with Crippen LogP contribution in [-0.2, 0) is 60.8 Å². The molecule has 84 heavy (non-hydrogen) atoms. The Morgan fingerprint density at radius 2 is 0.833 bits per heavy atom. The SMILES string of the molecule is CC(=O)[C@@H](CC(=O)O)NC(=O)[C@H](CC(=O)[C@@H](C)NC(=O)[C@@H](C)CC(=O)c1ccc(-c2ccc(-c3ccc(-c4ccc(C(=O)N[C@@H](C)C(=O)C[C@@H](C)C(=O)N[C@@H](Cc5ccccc5)C(=O)C[C@@H](CC(=O)O)C(=O)O)s4)s3)s2)s1)Cc1ccccc1. The maximum absolute atomic E-state index is 13.5. The van der Waals surface area contributed by atoms with Gasteiger partial charge in [-0.1, -0.05) is 74.5 Å². The van der Waals surface area contributed by atoms with E-state index in [4.69, 9.17) is 0 Å². The van der Waals surface area contributed by atoms with E-state index in [-0.39, 0.29) is 37.9 Å². The molecule has 4 heterocycles. The van der Waals surface area contributed by atoms with Crippen LogP contribution >= 0.6 is 45.3 Å². The summed E-state index contributed by atoms with van der Waals surface area (Å²) in [7, 11) is 0. The molecule has 0 fully saturated rings. The van der Waals surface area contributed by atoms with Gasteiger partial charge in [0.15, 0.2) is 28.9 Å². The van der Waals surface area contributed by atoms with Crippen LogP contribution in [0, 0.1) is 23.7 Å². The average molecular weight is 1220 g/mol. The van der Waals surface area contributed by atoms with Gasteiger partial charge in [-0.05, 0) is 93.3 Å². The Hall–Kier alpha value is -8.12. The summed E-state index contributed by atoms with van der Waals surface area (Å²) < 4.78 is 0. The molecule has 0 aliphatic rings. The molecule has 6 aromatic rings. The first-order valence-corrected chi connectivity index (χ1v) is 30.1. The van der Waals surface area contributed by atoms with Crippen molar-refractivity contribution < 1.29 is 72.9 Å². The molecule has 7 N–H and O–H groups in total. The Bertz CT molecular complexity index is 3180. The van der Waals surface area contributed by atoms with Crippen LogP contribution in [0.3, 0.4) is 0 Å². The van der Waals surface area contributed by atoms with Crippen molar-refractivity contribution >= 4 is 116 Å². The van der Waals surface area contributed by atoms with E-state index >= 15 is 0 Å². The topological polar surface area (TPSA) is 314 Å². The van der Waals surface area contributed by atoms with Crippen molar-refractivity contribution in [1.82, 2.24) is 21.3 Å².